The van der Waals surface area contributed by atoms with Gasteiger partial charge in [0.1, 0.15) is 0 Å². The molecular formula is C14H24N2O2. The summed E-state index contributed by atoms with van der Waals surface area (Å²) in [5.41, 5.74) is 0. The molecule has 0 bridgehead atoms. The van der Waals surface area contributed by atoms with E-state index >= 15 is 0 Å². The highest BCUT2D eigenvalue weighted by molar-refractivity contribution is 5.77. The highest BCUT2D eigenvalue weighted by Gasteiger charge is 2.12. The number of nitrogens with zero attached hydrogens (tertiary/aromatic N) is 1. The molecule has 2 fully saturated rings. The molecule has 2 aliphatic rings. The predicted octanol–water partition coefficient (Wildman–Crippen LogP) is 2.21. The standard InChI is InChI=1S/C8H13NO.C6H11NO/c1-2-9-7-5-3-4-6-8(9)10;8-6-4-2-1-3-5-7-6/h2H,1,3-7H2;1-5H2,(H,7,8). The average molecular weight is 252 g/mol. The monoisotopic (exact) mass is 252 g/mol. The molecule has 1 N–H and O–H groups in total. The van der Waals surface area contributed by atoms with Gasteiger partial charge in [0.15, 0.2) is 0 Å². The van der Waals surface area contributed by atoms with E-state index in [0.29, 0.717) is 6.42 Å². The Morgan fingerprint density at radius 1 is 1.00 bits per heavy atom. The van der Waals surface area contributed by atoms with Gasteiger partial charge in [-0.2, -0.15) is 0 Å². The first-order chi connectivity index (χ1) is 8.74. The van der Waals surface area contributed by atoms with Gasteiger partial charge in [0, 0.05) is 25.9 Å². The molecule has 2 heterocycles. The first kappa shape index (κ1) is 14.7. The lowest BCUT2D eigenvalue weighted by Crippen LogP contribution is -2.23. The van der Waals surface area contributed by atoms with Crippen LogP contribution >= 0.6 is 0 Å². The Morgan fingerprint density at radius 3 is 2.50 bits per heavy atom. The van der Waals surface area contributed by atoms with Gasteiger partial charge in [0.25, 0.3) is 0 Å². The van der Waals surface area contributed by atoms with Crippen LogP contribution in [0.4, 0.5) is 0 Å². The van der Waals surface area contributed by atoms with E-state index in [1.165, 1.54) is 12.8 Å². The summed E-state index contributed by atoms with van der Waals surface area (Å²) >= 11 is 0. The van der Waals surface area contributed by atoms with Crippen LogP contribution < -0.4 is 5.32 Å². The third kappa shape index (κ3) is 5.84. The summed E-state index contributed by atoms with van der Waals surface area (Å²) in [6, 6.07) is 0. The van der Waals surface area contributed by atoms with E-state index in [2.05, 4.69) is 11.9 Å². The van der Waals surface area contributed by atoms with Gasteiger partial charge in [-0.15, -0.1) is 0 Å². The van der Waals surface area contributed by atoms with Crippen molar-refractivity contribution in [2.45, 2.75) is 51.4 Å². The minimum atomic E-state index is 0.225. The number of nitrogens with one attached hydrogen (secondary N) is 1. The molecule has 2 rings (SSSR count). The molecule has 0 radical (unpaired) electrons. The molecule has 0 atom stereocenters. The zero-order valence-corrected chi connectivity index (χ0v) is 11.1. The summed E-state index contributed by atoms with van der Waals surface area (Å²) in [6.07, 6.45) is 9.85. The highest BCUT2D eigenvalue weighted by Crippen LogP contribution is 2.10. The van der Waals surface area contributed by atoms with Crippen LogP contribution in [0, 0.1) is 0 Å². The van der Waals surface area contributed by atoms with E-state index in [0.717, 1.165) is 45.2 Å². The number of hydrogen-bond acceptors (Lipinski definition) is 2. The molecule has 4 heteroatoms. The highest BCUT2D eigenvalue weighted by atomic mass is 16.2. The zero-order valence-electron chi connectivity index (χ0n) is 11.1. The molecule has 0 aliphatic carbocycles. The molecule has 2 amide bonds. The Labute approximate surface area is 109 Å². The summed E-state index contributed by atoms with van der Waals surface area (Å²) in [7, 11) is 0. The molecule has 0 spiro atoms. The van der Waals surface area contributed by atoms with Crippen molar-refractivity contribution >= 4 is 11.8 Å². The molecule has 0 aromatic carbocycles. The number of carbonyl (C=O) groups is 2. The van der Waals surface area contributed by atoms with Crippen molar-refractivity contribution in [1.29, 1.82) is 0 Å². The SMILES string of the molecule is C=CN1CCCCCC1=O.O=C1CCCCCN1. The maximum absolute atomic E-state index is 11.1. The maximum Gasteiger partial charge on any atom is 0.226 e. The van der Waals surface area contributed by atoms with E-state index in [1.807, 2.05) is 0 Å². The average Bonchev–Trinajstić information content (AvgIpc) is 2.72. The van der Waals surface area contributed by atoms with E-state index in [1.54, 1.807) is 11.1 Å². The largest absolute Gasteiger partial charge is 0.356 e. The van der Waals surface area contributed by atoms with Crippen LogP contribution in [-0.4, -0.2) is 29.8 Å². The van der Waals surface area contributed by atoms with Gasteiger partial charge in [-0.3, -0.25) is 9.59 Å². The van der Waals surface area contributed by atoms with E-state index in [9.17, 15) is 9.59 Å². The Bertz CT molecular complexity index is 280. The number of amides is 2. The van der Waals surface area contributed by atoms with Gasteiger partial charge in [0.2, 0.25) is 11.8 Å². The Kier molecular flexibility index (Phi) is 7.14. The van der Waals surface area contributed by atoms with Gasteiger partial charge in [-0.1, -0.05) is 19.4 Å². The van der Waals surface area contributed by atoms with Gasteiger partial charge in [-0.05, 0) is 31.9 Å². The van der Waals surface area contributed by atoms with Crippen LogP contribution in [0.2, 0.25) is 0 Å². The summed E-state index contributed by atoms with van der Waals surface area (Å²) in [5.74, 6) is 0.454. The van der Waals surface area contributed by atoms with E-state index < -0.39 is 0 Å². The number of rotatable bonds is 1. The fourth-order valence-electron chi connectivity index (χ4n) is 2.10. The van der Waals surface area contributed by atoms with Crippen LogP contribution in [0.15, 0.2) is 12.8 Å². The van der Waals surface area contributed by atoms with E-state index in [4.69, 9.17) is 0 Å². The van der Waals surface area contributed by atoms with Crippen LogP contribution in [0.25, 0.3) is 0 Å². The van der Waals surface area contributed by atoms with Gasteiger partial charge in [0.05, 0.1) is 0 Å². The van der Waals surface area contributed by atoms with Crippen LogP contribution in [-0.2, 0) is 9.59 Å². The smallest absolute Gasteiger partial charge is 0.226 e. The second-order valence-corrected chi connectivity index (χ2v) is 4.74. The lowest BCUT2D eigenvalue weighted by Gasteiger charge is -2.13. The summed E-state index contributed by atoms with van der Waals surface area (Å²) in [6.45, 7) is 5.33. The molecule has 0 aromatic rings. The van der Waals surface area contributed by atoms with Crippen molar-refractivity contribution in [3.05, 3.63) is 12.8 Å². The predicted molar refractivity (Wildman–Crippen MR) is 71.9 cm³/mol. The molecule has 18 heavy (non-hydrogen) atoms. The Balaban J connectivity index is 0.000000184. The van der Waals surface area contributed by atoms with Crippen molar-refractivity contribution in [3.8, 4) is 0 Å². The second kappa shape index (κ2) is 8.72. The Morgan fingerprint density at radius 2 is 1.72 bits per heavy atom. The fraction of sp³-hybridized carbons (Fsp3) is 0.714. The number of hydrogen-bond donors (Lipinski definition) is 1. The lowest BCUT2D eigenvalue weighted by atomic mass is 10.2. The summed E-state index contributed by atoms with van der Waals surface area (Å²) in [5, 5.41) is 2.81. The molecule has 0 aromatic heterocycles. The van der Waals surface area contributed by atoms with Crippen molar-refractivity contribution in [3.63, 3.8) is 0 Å². The minimum absolute atomic E-state index is 0.225. The second-order valence-electron chi connectivity index (χ2n) is 4.74. The molecule has 2 saturated heterocycles. The first-order valence-corrected chi connectivity index (χ1v) is 6.93. The lowest BCUT2D eigenvalue weighted by molar-refractivity contribution is -0.128. The topological polar surface area (TPSA) is 49.4 Å². The van der Waals surface area contributed by atoms with Gasteiger partial charge in [-0.25, -0.2) is 0 Å². The molecule has 4 nitrogen and oxygen atoms in total. The number of likely N-dealkylation sites (tertiary alicyclic amines) is 1. The summed E-state index contributed by atoms with van der Waals surface area (Å²) in [4.78, 5) is 23.4. The molecule has 0 saturated carbocycles. The molecule has 0 unspecified atom stereocenters. The third-order valence-electron chi connectivity index (χ3n) is 3.23. The van der Waals surface area contributed by atoms with Crippen molar-refractivity contribution in [2.24, 2.45) is 0 Å². The van der Waals surface area contributed by atoms with Crippen LogP contribution in [0.1, 0.15) is 51.4 Å². The quantitative estimate of drug-likeness (QED) is 0.778. The minimum Gasteiger partial charge on any atom is -0.356 e. The van der Waals surface area contributed by atoms with Crippen molar-refractivity contribution in [1.82, 2.24) is 10.2 Å². The fourth-order valence-corrected chi connectivity index (χ4v) is 2.10. The first-order valence-electron chi connectivity index (χ1n) is 6.93. The van der Waals surface area contributed by atoms with Crippen LogP contribution in [0.5, 0.6) is 0 Å². The maximum atomic E-state index is 11.1. The normalized spacial score (nSPS) is 21.0. The van der Waals surface area contributed by atoms with Crippen molar-refractivity contribution < 1.29 is 9.59 Å². The van der Waals surface area contributed by atoms with Gasteiger partial charge >= 0.3 is 0 Å². The summed E-state index contributed by atoms with van der Waals surface area (Å²) < 4.78 is 0. The van der Waals surface area contributed by atoms with Gasteiger partial charge < -0.3 is 10.2 Å². The Hall–Kier alpha value is -1.32. The van der Waals surface area contributed by atoms with Crippen LogP contribution in [0.3, 0.4) is 0 Å². The zero-order chi connectivity index (χ0) is 13.2. The third-order valence-corrected chi connectivity index (χ3v) is 3.23. The van der Waals surface area contributed by atoms with E-state index in [-0.39, 0.29) is 11.8 Å². The van der Waals surface area contributed by atoms with Crippen molar-refractivity contribution in [2.75, 3.05) is 13.1 Å². The molecule has 2 aliphatic heterocycles. The molecule has 102 valence electrons. The number of carbonyl (C=O) groups excluding carboxylic acids is 2. The molecular weight excluding hydrogens is 228 g/mol.